The zero-order valence-corrected chi connectivity index (χ0v) is 5.21. The molecule has 2 nitrogen and oxygen atoms in total. The van der Waals surface area contributed by atoms with E-state index in [4.69, 9.17) is 5.11 Å². The minimum Gasteiger partial charge on any atom is -0.481 e. The lowest BCUT2D eigenvalue weighted by atomic mass is 10.8. The van der Waals surface area contributed by atoms with E-state index in [1.165, 1.54) is 0 Å². The van der Waals surface area contributed by atoms with Crippen molar-refractivity contribution in [3.8, 4) is 0 Å². The maximum absolute atomic E-state index is 10.3. The van der Waals surface area contributed by atoms with Crippen molar-refractivity contribution in [3.05, 3.63) is 12.2 Å². The zero-order chi connectivity index (χ0) is 6.69. The highest BCUT2D eigenvalue weighted by Gasteiger charge is 2.16. The summed E-state index contributed by atoms with van der Waals surface area (Å²) in [7, 11) is 0. The van der Waals surface area contributed by atoms with E-state index < -0.39 is 5.97 Å². The van der Waals surface area contributed by atoms with E-state index in [9.17, 15) is 4.79 Å². The molecule has 0 aromatic heterocycles. The van der Waals surface area contributed by atoms with Crippen LogP contribution >= 0.6 is 0 Å². The smallest absolute Gasteiger partial charge is 0.306 e. The highest BCUT2D eigenvalue weighted by Crippen LogP contribution is 2.17. The van der Waals surface area contributed by atoms with Crippen molar-refractivity contribution < 1.29 is 9.90 Å². The second kappa shape index (κ2) is 2.67. The Kier molecular flexibility index (Phi) is 1.88. The van der Waals surface area contributed by atoms with Gasteiger partial charge in [-0.3, -0.25) is 4.79 Å². The number of rotatable bonds is 1. The lowest BCUT2D eigenvalue weighted by Crippen LogP contribution is -2.13. The van der Waals surface area contributed by atoms with Gasteiger partial charge in [-0.15, -0.1) is 0 Å². The van der Waals surface area contributed by atoms with Crippen molar-refractivity contribution in [2.24, 2.45) is 5.92 Å². The fourth-order valence-electron chi connectivity index (χ4n) is 1.02. The Morgan fingerprint density at radius 1 is 1.56 bits per heavy atom. The first kappa shape index (κ1) is 6.33. The molecule has 0 spiro atoms. The first-order valence-electron chi connectivity index (χ1n) is 3.18. The number of carboxylic acids is 1. The van der Waals surface area contributed by atoms with E-state index in [-0.39, 0.29) is 5.92 Å². The number of aliphatic carboxylic acids is 1. The van der Waals surface area contributed by atoms with Crippen LogP contribution in [0.2, 0.25) is 0 Å². The summed E-state index contributed by atoms with van der Waals surface area (Å²) < 4.78 is 0. The van der Waals surface area contributed by atoms with Crippen LogP contribution in [0.25, 0.3) is 0 Å². The van der Waals surface area contributed by atoms with Gasteiger partial charge in [0.15, 0.2) is 0 Å². The van der Waals surface area contributed by atoms with Crippen LogP contribution in [0.5, 0.6) is 0 Å². The normalized spacial score (nSPS) is 26.0. The average Bonchev–Trinajstić information content (AvgIpc) is 1.90. The Bertz CT molecular complexity index is 138. The summed E-state index contributed by atoms with van der Waals surface area (Å²) in [4.78, 5) is 10.3. The SMILES string of the molecule is O=C(O)[13CH]1[13CH2][13CH]=[13CH][13CH2][13CH2]1. The molecule has 0 bridgehead atoms. The molecule has 0 radical (unpaired) electrons. The van der Waals surface area contributed by atoms with Crippen LogP contribution in [0.3, 0.4) is 0 Å². The van der Waals surface area contributed by atoms with Crippen molar-refractivity contribution in [2.45, 2.75) is 19.3 Å². The van der Waals surface area contributed by atoms with Gasteiger partial charge in [0.2, 0.25) is 0 Å². The van der Waals surface area contributed by atoms with Crippen LogP contribution < -0.4 is 0 Å². The largest absolute Gasteiger partial charge is 0.481 e. The standard InChI is InChI=1S/C7H10O2/c8-7(9)6-4-2-1-3-5-6/h1-2,6H,3-5H2,(H,8,9)/i1+1,2+1,3+1,4+1,5+1,6+1. The van der Waals surface area contributed by atoms with E-state index in [1.807, 2.05) is 12.2 Å². The molecule has 0 aliphatic heterocycles. The fraction of sp³-hybridized carbons (Fsp3) is 0.571. The van der Waals surface area contributed by atoms with E-state index >= 15 is 0 Å². The molecular weight excluding hydrogens is 122 g/mol. The third-order valence-electron chi connectivity index (χ3n) is 1.62. The molecule has 1 aliphatic rings. The van der Waals surface area contributed by atoms with Gasteiger partial charge in [0.05, 0.1) is 5.92 Å². The van der Waals surface area contributed by atoms with Crippen LogP contribution in [0, 0.1) is 5.92 Å². The van der Waals surface area contributed by atoms with Crippen LogP contribution in [-0.4, -0.2) is 11.1 Å². The van der Waals surface area contributed by atoms with Crippen LogP contribution in [0.1, 0.15) is 19.3 Å². The lowest BCUT2D eigenvalue weighted by molar-refractivity contribution is -0.141. The van der Waals surface area contributed by atoms with Gasteiger partial charge in [0.1, 0.15) is 0 Å². The van der Waals surface area contributed by atoms with E-state index in [0.29, 0.717) is 0 Å². The molecule has 1 aliphatic carbocycles. The molecule has 0 amide bonds. The molecule has 9 heavy (non-hydrogen) atoms. The molecule has 0 saturated heterocycles. The summed E-state index contributed by atoms with van der Waals surface area (Å²) >= 11 is 0. The summed E-state index contributed by atoms with van der Waals surface area (Å²) in [5, 5.41) is 8.50. The summed E-state index contributed by atoms with van der Waals surface area (Å²) in [5.74, 6) is -0.769. The maximum Gasteiger partial charge on any atom is 0.306 e. The first-order chi connectivity index (χ1) is 4.30. The van der Waals surface area contributed by atoms with Crippen LogP contribution in [0.4, 0.5) is 0 Å². The summed E-state index contributed by atoms with van der Waals surface area (Å²) in [6.45, 7) is 0. The van der Waals surface area contributed by atoms with Gasteiger partial charge in [0, 0.05) is 0 Å². The second-order valence-corrected chi connectivity index (χ2v) is 2.32. The van der Waals surface area contributed by atoms with Gasteiger partial charge in [-0.1, -0.05) is 12.2 Å². The Morgan fingerprint density at radius 2 is 2.33 bits per heavy atom. The highest BCUT2D eigenvalue weighted by molar-refractivity contribution is 5.70. The number of carbonyl (C=O) groups is 1. The Labute approximate surface area is 54.2 Å². The van der Waals surface area contributed by atoms with E-state index in [0.717, 1.165) is 19.3 Å². The maximum atomic E-state index is 10.3. The van der Waals surface area contributed by atoms with Crippen LogP contribution in [-0.2, 0) is 4.79 Å². The third-order valence-corrected chi connectivity index (χ3v) is 1.62. The van der Waals surface area contributed by atoms with Crippen molar-refractivity contribution >= 4 is 5.97 Å². The zero-order valence-electron chi connectivity index (χ0n) is 5.21. The number of hydrogen-bond donors (Lipinski definition) is 1. The Balaban J connectivity index is 2.44. The molecule has 1 rings (SSSR count). The third kappa shape index (κ3) is 1.56. The van der Waals surface area contributed by atoms with Gasteiger partial charge in [-0.25, -0.2) is 0 Å². The van der Waals surface area contributed by atoms with E-state index in [2.05, 4.69) is 0 Å². The van der Waals surface area contributed by atoms with Crippen molar-refractivity contribution in [1.29, 1.82) is 0 Å². The molecule has 0 fully saturated rings. The average molecular weight is 132 g/mol. The molecule has 0 aromatic carbocycles. The minimum absolute atomic E-state index is 0.116. The lowest BCUT2D eigenvalue weighted by Gasteiger charge is -2.11. The monoisotopic (exact) mass is 132 g/mol. The molecule has 0 saturated carbocycles. The predicted octanol–water partition coefficient (Wildman–Crippen LogP) is 1.43. The van der Waals surface area contributed by atoms with E-state index in [1.54, 1.807) is 0 Å². The van der Waals surface area contributed by atoms with Gasteiger partial charge < -0.3 is 5.11 Å². The molecule has 1 unspecified atom stereocenters. The summed E-state index contributed by atoms with van der Waals surface area (Å²) in [6, 6.07) is 0. The first-order valence-corrected chi connectivity index (χ1v) is 3.18. The Hall–Kier alpha value is -0.790. The van der Waals surface area contributed by atoms with Crippen molar-refractivity contribution in [3.63, 3.8) is 0 Å². The van der Waals surface area contributed by atoms with Gasteiger partial charge in [-0.2, -0.15) is 0 Å². The second-order valence-electron chi connectivity index (χ2n) is 2.32. The molecule has 1 atom stereocenters. The topological polar surface area (TPSA) is 37.3 Å². The van der Waals surface area contributed by atoms with Gasteiger partial charge in [0.25, 0.3) is 0 Å². The van der Waals surface area contributed by atoms with Gasteiger partial charge >= 0.3 is 5.97 Å². The summed E-state index contributed by atoms with van der Waals surface area (Å²) in [6.07, 6.45) is 6.44. The molecule has 1 N–H and O–H groups in total. The number of allylic oxidation sites excluding steroid dienone is 2. The van der Waals surface area contributed by atoms with Crippen molar-refractivity contribution in [1.82, 2.24) is 0 Å². The van der Waals surface area contributed by atoms with Gasteiger partial charge in [-0.05, 0) is 19.3 Å². The molecule has 2 heteroatoms. The fourth-order valence-corrected chi connectivity index (χ4v) is 1.02. The molecule has 50 valence electrons. The molecule has 0 aromatic rings. The molecular formula is C7H10O2. The Morgan fingerprint density at radius 3 is 2.67 bits per heavy atom. The predicted molar refractivity (Wildman–Crippen MR) is 34.1 cm³/mol. The summed E-state index contributed by atoms with van der Waals surface area (Å²) in [5.41, 5.74) is 0. The molecule has 0 heterocycles. The minimum atomic E-state index is -0.653. The highest BCUT2D eigenvalue weighted by atomic mass is 16.4. The quantitative estimate of drug-likeness (QED) is 0.432. The number of hydrogen-bond acceptors (Lipinski definition) is 1. The van der Waals surface area contributed by atoms with Crippen LogP contribution in [0.15, 0.2) is 12.2 Å². The number of carboxylic acid groups (broad SMARTS) is 1. The van der Waals surface area contributed by atoms with Crippen molar-refractivity contribution in [2.75, 3.05) is 0 Å².